The minimum Gasteiger partial charge on any atom is -0.480 e. The maximum Gasteiger partial charge on any atom is 0.321 e. The second-order valence-electron chi connectivity index (χ2n) is 5.12. The molecule has 1 aromatic rings. The van der Waals surface area contributed by atoms with Crippen LogP contribution in [0, 0.1) is 5.92 Å². The molecule has 1 heterocycles. The van der Waals surface area contributed by atoms with Crippen LogP contribution in [0.5, 0.6) is 0 Å². The van der Waals surface area contributed by atoms with E-state index in [1.165, 1.54) is 5.56 Å². The van der Waals surface area contributed by atoms with Gasteiger partial charge in [0, 0.05) is 6.04 Å². The summed E-state index contributed by atoms with van der Waals surface area (Å²) in [5.74, 6) is -0.449. The largest absolute Gasteiger partial charge is 0.480 e. The highest BCUT2D eigenvalue weighted by molar-refractivity contribution is 5.74. The number of hydrogen-bond donors (Lipinski definition) is 1. The van der Waals surface area contributed by atoms with Crippen molar-refractivity contribution in [1.29, 1.82) is 0 Å². The second kappa shape index (κ2) is 5.53. The molecule has 0 amide bonds. The highest BCUT2D eigenvalue weighted by Crippen LogP contribution is 2.34. The molecular formula is C15H21NO2. The molecule has 0 aliphatic carbocycles. The summed E-state index contributed by atoms with van der Waals surface area (Å²) in [5, 5.41) is 9.40. The summed E-state index contributed by atoms with van der Waals surface area (Å²) in [6.07, 6.45) is 1.92. The van der Waals surface area contributed by atoms with Crippen LogP contribution in [-0.2, 0) is 4.79 Å². The third-order valence-electron chi connectivity index (χ3n) is 3.96. The fourth-order valence-corrected chi connectivity index (χ4v) is 3.05. The third kappa shape index (κ3) is 2.41. The molecule has 3 nitrogen and oxygen atoms in total. The number of hydrogen-bond acceptors (Lipinski definition) is 2. The molecule has 3 atom stereocenters. The van der Waals surface area contributed by atoms with Crippen LogP contribution in [0.3, 0.4) is 0 Å². The fourth-order valence-electron chi connectivity index (χ4n) is 3.05. The molecule has 0 aromatic heterocycles. The lowest BCUT2D eigenvalue weighted by Gasteiger charge is -2.31. The Labute approximate surface area is 108 Å². The Morgan fingerprint density at radius 3 is 2.67 bits per heavy atom. The summed E-state index contributed by atoms with van der Waals surface area (Å²) in [7, 11) is 0. The Morgan fingerprint density at radius 2 is 2.11 bits per heavy atom. The predicted molar refractivity (Wildman–Crippen MR) is 71.4 cm³/mol. The molecule has 98 valence electrons. The number of benzene rings is 1. The maximum atomic E-state index is 11.4. The molecule has 1 saturated heterocycles. The normalized spacial score (nSPS) is 26.1. The van der Waals surface area contributed by atoms with Crippen LogP contribution in [0.2, 0.25) is 0 Å². The molecule has 1 N–H and O–H groups in total. The Kier molecular flexibility index (Phi) is 4.02. The molecule has 18 heavy (non-hydrogen) atoms. The van der Waals surface area contributed by atoms with E-state index < -0.39 is 5.97 Å². The first-order chi connectivity index (χ1) is 8.65. The number of nitrogens with zero attached hydrogens (tertiary/aromatic N) is 1. The zero-order valence-electron chi connectivity index (χ0n) is 11.0. The molecule has 0 spiro atoms. The highest BCUT2D eigenvalue weighted by Gasteiger charge is 2.40. The van der Waals surface area contributed by atoms with Gasteiger partial charge in [-0.05, 0) is 30.9 Å². The van der Waals surface area contributed by atoms with Gasteiger partial charge < -0.3 is 5.11 Å². The number of carbonyl (C=O) groups is 1. The summed E-state index contributed by atoms with van der Waals surface area (Å²) in [5.41, 5.74) is 1.22. The van der Waals surface area contributed by atoms with Crippen molar-refractivity contribution in [2.24, 2.45) is 5.92 Å². The van der Waals surface area contributed by atoms with E-state index in [4.69, 9.17) is 0 Å². The monoisotopic (exact) mass is 247 g/mol. The quantitative estimate of drug-likeness (QED) is 0.889. The van der Waals surface area contributed by atoms with Crippen molar-refractivity contribution in [3.05, 3.63) is 35.9 Å². The van der Waals surface area contributed by atoms with E-state index in [-0.39, 0.29) is 18.0 Å². The lowest BCUT2D eigenvalue weighted by Crippen LogP contribution is -2.41. The Balaban J connectivity index is 2.25. The molecule has 3 unspecified atom stereocenters. The first-order valence-electron chi connectivity index (χ1n) is 6.68. The van der Waals surface area contributed by atoms with Crippen molar-refractivity contribution in [2.45, 2.75) is 38.8 Å². The van der Waals surface area contributed by atoms with Crippen molar-refractivity contribution in [3.63, 3.8) is 0 Å². The van der Waals surface area contributed by atoms with Crippen LogP contribution in [0.1, 0.15) is 38.3 Å². The van der Waals surface area contributed by atoms with Gasteiger partial charge in [0.05, 0.1) is 0 Å². The maximum absolute atomic E-state index is 11.4. The van der Waals surface area contributed by atoms with E-state index in [1.807, 2.05) is 25.1 Å². The van der Waals surface area contributed by atoms with Crippen LogP contribution < -0.4 is 0 Å². The van der Waals surface area contributed by atoms with Gasteiger partial charge in [-0.3, -0.25) is 9.69 Å². The standard InChI is InChI=1S/C15H21NO2/c1-3-13(12-7-5-4-6-8-12)16-10-9-11(2)14(16)15(17)18/h4-8,11,13-14H,3,9-10H2,1-2H3,(H,17,18). The van der Waals surface area contributed by atoms with Crippen LogP contribution >= 0.6 is 0 Å². The first-order valence-corrected chi connectivity index (χ1v) is 6.68. The van der Waals surface area contributed by atoms with Crippen molar-refractivity contribution in [3.8, 4) is 0 Å². The zero-order valence-corrected chi connectivity index (χ0v) is 11.0. The van der Waals surface area contributed by atoms with Crippen LogP contribution in [-0.4, -0.2) is 28.6 Å². The predicted octanol–water partition coefficient (Wildman–Crippen LogP) is 2.93. The van der Waals surface area contributed by atoms with E-state index in [9.17, 15) is 9.90 Å². The van der Waals surface area contributed by atoms with Crippen molar-refractivity contribution in [2.75, 3.05) is 6.54 Å². The fraction of sp³-hybridized carbons (Fsp3) is 0.533. The van der Waals surface area contributed by atoms with E-state index in [0.29, 0.717) is 0 Å². The SMILES string of the molecule is CCC(c1ccccc1)N1CCC(C)C1C(=O)O. The van der Waals surface area contributed by atoms with Gasteiger partial charge >= 0.3 is 5.97 Å². The molecule has 1 aliphatic heterocycles. The van der Waals surface area contributed by atoms with Gasteiger partial charge in [-0.15, -0.1) is 0 Å². The summed E-state index contributed by atoms with van der Waals surface area (Å²) in [6, 6.07) is 10.1. The van der Waals surface area contributed by atoms with E-state index in [2.05, 4.69) is 24.0 Å². The van der Waals surface area contributed by atoms with Gasteiger partial charge in [-0.25, -0.2) is 0 Å². The Bertz CT molecular complexity index is 404. The number of rotatable bonds is 4. The van der Waals surface area contributed by atoms with Crippen molar-refractivity contribution >= 4 is 5.97 Å². The van der Waals surface area contributed by atoms with Gasteiger partial charge in [0.1, 0.15) is 6.04 Å². The Hall–Kier alpha value is -1.35. The molecular weight excluding hydrogens is 226 g/mol. The van der Waals surface area contributed by atoms with Gasteiger partial charge in [0.2, 0.25) is 0 Å². The third-order valence-corrected chi connectivity index (χ3v) is 3.96. The lowest BCUT2D eigenvalue weighted by molar-refractivity contribution is -0.144. The van der Waals surface area contributed by atoms with Crippen LogP contribution in [0.15, 0.2) is 30.3 Å². The minimum absolute atomic E-state index is 0.220. The average Bonchev–Trinajstić information content (AvgIpc) is 2.74. The Morgan fingerprint density at radius 1 is 1.44 bits per heavy atom. The zero-order chi connectivity index (χ0) is 13.1. The summed E-state index contributed by atoms with van der Waals surface area (Å²) >= 11 is 0. The van der Waals surface area contributed by atoms with Gasteiger partial charge in [-0.1, -0.05) is 44.2 Å². The molecule has 3 heteroatoms. The summed E-state index contributed by atoms with van der Waals surface area (Å²) in [4.78, 5) is 13.6. The van der Waals surface area contributed by atoms with Gasteiger partial charge in [-0.2, -0.15) is 0 Å². The van der Waals surface area contributed by atoms with E-state index in [1.54, 1.807) is 0 Å². The lowest BCUT2D eigenvalue weighted by atomic mass is 9.99. The van der Waals surface area contributed by atoms with Crippen molar-refractivity contribution < 1.29 is 9.90 Å². The smallest absolute Gasteiger partial charge is 0.321 e. The summed E-state index contributed by atoms with van der Waals surface area (Å²) < 4.78 is 0. The molecule has 1 fully saturated rings. The number of aliphatic carboxylic acids is 1. The topological polar surface area (TPSA) is 40.5 Å². The highest BCUT2D eigenvalue weighted by atomic mass is 16.4. The molecule has 1 aliphatic rings. The van der Waals surface area contributed by atoms with E-state index >= 15 is 0 Å². The molecule has 0 radical (unpaired) electrons. The second-order valence-corrected chi connectivity index (χ2v) is 5.12. The van der Waals surface area contributed by atoms with Gasteiger partial charge in [0.25, 0.3) is 0 Å². The van der Waals surface area contributed by atoms with Crippen LogP contribution in [0.25, 0.3) is 0 Å². The molecule has 1 aromatic carbocycles. The first kappa shape index (κ1) is 13.1. The molecule has 0 bridgehead atoms. The van der Waals surface area contributed by atoms with Crippen LogP contribution in [0.4, 0.5) is 0 Å². The number of likely N-dealkylation sites (tertiary alicyclic amines) is 1. The summed E-state index contributed by atoms with van der Waals surface area (Å²) in [6.45, 7) is 5.04. The number of carboxylic acids is 1. The van der Waals surface area contributed by atoms with E-state index in [0.717, 1.165) is 19.4 Å². The minimum atomic E-state index is -0.686. The average molecular weight is 247 g/mol. The molecule has 0 saturated carbocycles. The van der Waals surface area contributed by atoms with Crippen molar-refractivity contribution in [1.82, 2.24) is 4.90 Å². The van der Waals surface area contributed by atoms with Gasteiger partial charge in [0.15, 0.2) is 0 Å². The number of carboxylic acid groups (broad SMARTS) is 1. The molecule has 2 rings (SSSR count).